The standard InChI is InChI=1S/C27H32N4O2/c1-16(2)33-23-11-17(7-10-22(23)32-6)24-19-12-18(26(3,4)5)8-9-21(19)27(14-29,15-30)25(31)20(24)13-28/h7,9-11,16,18-19,24H,8,12,31H2,1-6H3/t18?,19-,24+/m0/s1. The maximum atomic E-state index is 10.2. The van der Waals surface area contributed by atoms with Gasteiger partial charge in [0.05, 0.1) is 42.7 Å². The molecule has 0 heterocycles. The van der Waals surface area contributed by atoms with Gasteiger partial charge in [0.1, 0.15) is 0 Å². The predicted octanol–water partition coefficient (Wildman–Crippen LogP) is 5.35. The molecule has 6 nitrogen and oxygen atoms in total. The lowest BCUT2D eigenvalue weighted by Gasteiger charge is -2.46. The minimum Gasteiger partial charge on any atom is -0.493 e. The Hall–Kier alpha value is -3.43. The van der Waals surface area contributed by atoms with E-state index in [0.29, 0.717) is 17.4 Å². The second-order valence-electron chi connectivity index (χ2n) is 10.3. The maximum Gasteiger partial charge on any atom is 0.204 e. The van der Waals surface area contributed by atoms with Crippen LogP contribution in [-0.2, 0) is 0 Å². The van der Waals surface area contributed by atoms with Crippen molar-refractivity contribution in [3.63, 3.8) is 0 Å². The summed E-state index contributed by atoms with van der Waals surface area (Å²) in [5.41, 5.74) is 6.77. The average molecular weight is 445 g/mol. The molecule has 6 heteroatoms. The molecule has 1 unspecified atom stereocenters. The topological polar surface area (TPSA) is 116 Å². The number of nitriles is 3. The highest BCUT2D eigenvalue weighted by Gasteiger charge is 2.53. The van der Waals surface area contributed by atoms with Gasteiger partial charge in [-0.3, -0.25) is 0 Å². The van der Waals surface area contributed by atoms with Gasteiger partial charge < -0.3 is 15.2 Å². The molecule has 1 aromatic rings. The van der Waals surface area contributed by atoms with Crippen molar-refractivity contribution in [2.24, 2.45) is 28.4 Å². The predicted molar refractivity (Wildman–Crippen MR) is 126 cm³/mol. The van der Waals surface area contributed by atoms with Crippen LogP contribution < -0.4 is 15.2 Å². The summed E-state index contributed by atoms with van der Waals surface area (Å²) in [6.07, 6.45) is 3.50. The molecule has 2 aliphatic rings. The minimum absolute atomic E-state index is 0.0406. The van der Waals surface area contributed by atoms with Crippen molar-refractivity contribution in [3.8, 4) is 29.7 Å². The van der Waals surface area contributed by atoms with Gasteiger partial charge >= 0.3 is 0 Å². The van der Waals surface area contributed by atoms with Crippen molar-refractivity contribution in [1.29, 1.82) is 15.8 Å². The Balaban J connectivity index is 2.28. The molecule has 0 radical (unpaired) electrons. The first-order chi connectivity index (χ1) is 15.5. The molecule has 0 fully saturated rings. The molecule has 3 rings (SSSR count). The van der Waals surface area contributed by atoms with E-state index in [0.717, 1.165) is 24.0 Å². The number of benzene rings is 1. The highest BCUT2D eigenvalue weighted by Crippen LogP contribution is 2.57. The van der Waals surface area contributed by atoms with Gasteiger partial charge in [-0.2, -0.15) is 15.8 Å². The van der Waals surface area contributed by atoms with E-state index in [9.17, 15) is 15.8 Å². The van der Waals surface area contributed by atoms with Gasteiger partial charge in [-0.05, 0) is 67.2 Å². The zero-order valence-corrected chi connectivity index (χ0v) is 20.3. The van der Waals surface area contributed by atoms with Crippen LogP contribution in [0.5, 0.6) is 11.5 Å². The molecule has 0 saturated heterocycles. The van der Waals surface area contributed by atoms with Crippen molar-refractivity contribution in [1.82, 2.24) is 0 Å². The Morgan fingerprint density at radius 3 is 2.30 bits per heavy atom. The van der Waals surface area contributed by atoms with Gasteiger partial charge in [0.2, 0.25) is 5.41 Å². The van der Waals surface area contributed by atoms with Gasteiger partial charge in [-0.15, -0.1) is 0 Å². The zero-order valence-electron chi connectivity index (χ0n) is 20.3. The number of rotatable bonds is 4. The Kier molecular flexibility index (Phi) is 6.49. The van der Waals surface area contributed by atoms with Gasteiger partial charge in [0.25, 0.3) is 0 Å². The maximum absolute atomic E-state index is 10.2. The summed E-state index contributed by atoms with van der Waals surface area (Å²) in [5, 5.41) is 30.3. The molecule has 0 aromatic heterocycles. The molecular weight excluding hydrogens is 412 g/mol. The van der Waals surface area contributed by atoms with Crippen LogP contribution in [0.25, 0.3) is 0 Å². The third-order valence-corrected chi connectivity index (χ3v) is 6.99. The Labute approximate surface area is 196 Å². The number of nitrogens with zero attached hydrogens (tertiary/aromatic N) is 3. The monoisotopic (exact) mass is 444 g/mol. The van der Waals surface area contributed by atoms with Crippen LogP contribution in [0, 0.1) is 56.7 Å². The molecule has 3 atom stereocenters. The average Bonchev–Trinajstić information content (AvgIpc) is 2.77. The third-order valence-electron chi connectivity index (χ3n) is 6.99. The summed E-state index contributed by atoms with van der Waals surface area (Å²) >= 11 is 0. The number of ether oxygens (including phenoxy) is 2. The number of nitrogens with two attached hydrogens (primary N) is 1. The molecular formula is C27H32N4O2. The number of hydrogen-bond donors (Lipinski definition) is 1. The van der Waals surface area contributed by atoms with Crippen LogP contribution in [0.3, 0.4) is 0 Å². The summed E-state index contributed by atoms with van der Waals surface area (Å²) < 4.78 is 11.5. The molecule has 0 bridgehead atoms. The van der Waals surface area contributed by atoms with Crippen LogP contribution >= 0.6 is 0 Å². The van der Waals surface area contributed by atoms with Crippen molar-refractivity contribution in [3.05, 3.63) is 46.7 Å². The zero-order chi connectivity index (χ0) is 24.6. The fourth-order valence-corrected chi connectivity index (χ4v) is 5.17. The van der Waals surface area contributed by atoms with Crippen LogP contribution in [0.15, 0.2) is 41.1 Å². The lowest BCUT2D eigenvalue weighted by Crippen LogP contribution is -2.43. The fraction of sp³-hybridized carbons (Fsp3) is 0.519. The van der Waals surface area contributed by atoms with Crippen molar-refractivity contribution in [2.75, 3.05) is 7.11 Å². The summed E-state index contributed by atoms with van der Waals surface area (Å²) in [7, 11) is 1.59. The van der Waals surface area contributed by atoms with E-state index < -0.39 is 5.41 Å². The molecule has 1 aromatic carbocycles. The second kappa shape index (κ2) is 8.84. The second-order valence-corrected chi connectivity index (χ2v) is 10.3. The largest absolute Gasteiger partial charge is 0.493 e. The van der Waals surface area contributed by atoms with Gasteiger partial charge in [-0.25, -0.2) is 0 Å². The van der Waals surface area contributed by atoms with Crippen LogP contribution in [-0.4, -0.2) is 13.2 Å². The van der Waals surface area contributed by atoms with Gasteiger partial charge in [-0.1, -0.05) is 32.9 Å². The van der Waals surface area contributed by atoms with Crippen LogP contribution in [0.4, 0.5) is 0 Å². The van der Waals surface area contributed by atoms with Gasteiger partial charge in [0.15, 0.2) is 11.5 Å². The van der Waals surface area contributed by atoms with E-state index in [1.165, 1.54) is 0 Å². The summed E-state index contributed by atoms with van der Waals surface area (Å²) in [5.74, 6) is 0.972. The lowest BCUT2D eigenvalue weighted by molar-refractivity contribution is 0.180. The smallest absolute Gasteiger partial charge is 0.204 e. The molecule has 33 heavy (non-hydrogen) atoms. The first-order valence-corrected chi connectivity index (χ1v) is 11.3. The Morgan fingerprint density at radius 1 is 1.12 bits per heavy atom. The molecule has 0 amide bonds. The Morgan fingerprint density at radius 2 is 1.79 bits per heavy atom. The van der Waals surface area contributed by atoms with Crippen LogP contribution in [0.2, 0.25) is 0 Å². The van der Waals surface area contributed by atoms with Crippen molar-refractivity contribution in [2.45, 2.75) is 59.5 Å². The highest BCUT2D eigenvalue weighted by molar-refractivity contribution is 5.59. The molecule has 0 spiro atoms. The molecule has 2 aliphatic carbocycles. The first kappa shape index (κ1) is 24.2. The summed E-state index contributed by atoms with van der Waals surface area (Å²) in [6.45, 7) is 10.5. The van der Waals surface area contributed by atoms with E-state index in [1.54, 1.807) is 7.11 Å². The normalized spacial score (nSPS) is 24.1. The number of allylic oxidation sites excluding steroid dienone is 3. The third kappa shape index (κ3) is 4.05. The summed E-state index contributed by atoms with van der Waals surface area (Å²) in [4.78, 5) is 0. The lowest BCUT2D eigenvalue weighted by atomic mass is 9.55. The molecule has 0 aliphatic heterocycles. The van der Waals surface area contributed by atoms with Crippen LogP contribution in [0.1, 0.15) is 58.9 Å². The molecule has 0 saturated carbocycles. The van der Waals surface area contributed by atoms with Crippen molar-refractivity contribution < 1.29 is 9.47 Å². The van der Waals surface area contributed by atoms with E-state index in [1.807, 2.05) is 38.1 Å². The Bertz CT molecular complexity index is 1100. The minimum atomic E-state index is -1.61. The fourth-order valence-electron chi connectivity index (χ4n) is 5.17. The van der Waals surface area contributed by atoms with E-state index in [4.69, 9.17) is 15.2 Å². The van der Waals surface area contributed by atoms with Crippen molar-refractivity contribution >= 4 is 0 Å². The van der Waals surface area contributed by atoms with Gasteiger partial charge in [0, 0.05) is 5.92 Å². The quantitative estimate of drug-likeness (QED) is 0.626. The number of methoxy groups -OCH3 is 1. The number of hydrogen-bond acceptors (Lipinski definition) is 6. The first-order valence-electron chi connectivity index (χ1n) is 11.3. The number of fused-ring (bicyclic) bond motifs is 1. The van der Waals surface area contributed by atoms with E-state index in [-0.39, 0.29) is 34.6 Å². The molecule has 2 N–H and O–H groups in total. The summed E-state index contributed by atoms with van der Waals surface area (Å²) in [6, 6.07) is 12.2. The molecule has 172 valence electrons. The highest BCUT2D eigenvalue weighted by atomic mass is 16.5. The SMILES string of the molecule is COc1ccc([C@H]2C(C#N)=C(N)C(C#N)(C#N)C3=CCC(C(C)(C)C)C[C@@H]32)cc1OC(C)C. The van der Waals surface area contributed by atoms with E-state index in [2.05, 4.69) is 39.0 Å². The van der Waals surface area contributed by atoms with E-state index >= 15 is 0 Å².